The van der Waals surface area contributed by atoms with Gasteiger partial charge >= 0.3 is 6.18 Å². The number of aromatic nitrogens is 1. The minimum absolute atomic E-state index is 0.104. The monoisotopic (exact) mass is 384 g/mol. The van der Waals surface area contributed by atoms with Crippen LogP contribution < -0.4 is 4.72 Å². The van der Waals surface area contributed by atoms with Gasteiger partial charge in [0, 0.05) is 23.9 Å². The molecule has 0 unspecified atom stereocenters. The molecule has 3 rings (SSSR count). The standard InChI is InChI=1S/C18H19F3N2O2S/c19-18(20,21)15-6-3-5-14(11-15)12-26(24,25)23-13-17(8-4-9-17)16-7-1-2-10-22-16/h1-3,5-7,10-11,23H,4,8-9,12-13H2. The van der Waals surface area contributed by atoms with Crippen molar-refractivity contribution in [2.75, 3.05) is 6.54 Å². The minimum atomic E-state index is -4.50. The van der Waals surface area contributed by atoms with E-state index in [0.717, 1.165) is 37.1 Å². The fourth-order valence-corrected chi connectivity index (χ4v) is 4.38. The molecule has 0 radical (unpaired) electrons. The summed E-state index contributed by atoms with van der Waals surface area (Å²) >= 11 is 0. The fraction of sp³-hybridized carbons (Fsp3) is 0.389. The normalized spacial score (nSPS) is 16.9. The van der Waals surface area contributed by atoms with Crippen molar-refractivity contribution >= 4 is 10.0 Å². The highest BCUT2D eigenvalue weighted by atomic mass is 32.2. The number of nitrogens with one attached hydrogen (secondary N) is 1. The minimum Gasteiger partial charge on any atom is -0.261 e. The highest BCUT2D eigenvalue weighted by Crippen LogP contribution is 2.42. The lowest BCUT2D eigenvalue weighted by molar-refractivity contribution is -0.137. The lowest BCUT2D eigenvalue weighted by Crippen LogP contribution is -2.46. The maximum absolute atomic E-state index is 12.8. The molecule has 1 aromatic heterocycles. The van der Waals surface area contributed by atoms with E-state index < -0.39 is 27.5 Å². The van der Waals surface area contributed by atoms with E-state index in [1.165, 1.54) is 12.1 Å². The van der Waals surface area contributed by atoms with Crippen LogP contribution >= 0.6 is 0 Å². The van der Waals surface area contributed by atoms with Gasteiger partial charge in [-0.3, -0.25) is 4.98 Å². The molecule has 26 heavy (non-hydrogen) atoms. The maximum atomic E-state index is 12.8. The van der Waals surface area contributed by atoms with Gasteiger partial charge in [0.05, 0.1) is 11.3 Å². The lowest BCUT2D eigenvalue weighted by atomic mass is 9.66. The molecule has 1 aliphatic carbocycles. The van der Waals surface area contributed by atoms with Gasteiger partial charge in [0.25, 0.3) is 0 Å². The second-order valence-corrected chi connectivity index (χ2v) is 8.43. The van der Waals surface area contributed by atoms with E-state index in [1.54, 1.807) is 12.3 Å². The van der Waals surface area contributed by atoms with Gasteiger partial charge in [0.15, 0.2) is 0 Å². The summed E-state index contributed by atoms with van der Waals surface area (Å²) in [6.45, 7) is 0.200. The number of rotatable bonds is 6. The van der Waals surface area contributed by atoms with Gasteiger partial charge in [-0.05, 0) is 36.6 Å². The van der Waals surface area contributed by atoms with E-state index in [9.17, 15) is 21.6 Å². The van der Waals surface area contributed by atoms with Gasteiger partial charge in [-0.25, -0.2) is 13.1 Å². The summed E-state index contributed by atoms with van der Waals surface area (Å²) in [5, 5.41) is 0. The van der Waals surface area contributed by atoms with E-state index in [1.807, 2.05) is 12.1 Å². The molecule has 8 heteroatoms. The van der Waals surface area contributed by atoms with Crippen molar-refractivity contribution in [1.82, 2.24) is 9.71 Å². The van der Waals surface area contributed by atoms with Crippen molar-refractivity contribution in [2.45, 2.75) is 36.6 Å². The molecule has 1 fully saturated rings. The third-order valence-corrected chi connectivity index (χ3v) is 6.06. The average molecular weight is 384 g/mol. The van der Waals surface area contributed by atoms with Crippen molar-refractivity contribution in [3.63, 3.8) is 0 Å². The topological polar surface area (TPSA) is 59.1 Å². The molecule has 1 saturated carbocycles. The number of alkyl halides is 3. The Bertz CT molecular complexity index is 864. The molecule has 0 bridgehead atoms. The number of sulfonamides is 1. The number of nitrogens with zero attached hydrogens (tertiary/aromatic N) is 1. The van der Waals surface area contributed by atoms with Crippen LogP contribution in [-0.4, -0.2) is 19.9 Å². The van der Waals surface area contributed by atoms with E-state index in [4.69, 9.17) is 0 Å². The van der Waals surface area contributed by atoms with Gasteiger partial charge in [-0.1, -0.05) is 30.7 Å². The van der Waals surface area contributed by atoms with Gasteiger partial charge in [-0.2, -0.15) is 13.2 Å². The number of benzene rings is 1. The van der Waals surface area contributed by atoms with Crippen LogP contribution in [-0.2, 0) is 27.4 Å². The second-order valence-electron chi connectivity index (χ2n) is 6.63. The third-order valence-electron chi connectivity index (χ3n) is 4.76. The summed E-state index contributed by atoms with van der Waals surface area (Å²) in [7, 11) is -3.76. The quantitative estimate of drug-likeness (QED) is 0.827. The SMILES string of the molecule is O=S(=O)(Cc1cccc(C(F)(F)F)c1)NCC1(c2ccccn2)CCC1. The van der Waals surface area contributed by atoms with Crippen LogP contribution in [0, 0.1) is 0 Å². The van der Waals surface area contributed by atoms with E-state index in [-0.39, 0.29) is 17.5 Å². The highest BCUT2D eigenvalue weighted by molar-refractivity contribution is 7.88. The van der Waals surface area contributed by atoms with Crippen molar-refractivity contribution in [3.05, 3.63) is 65.5 Å². The molecule has 0 atom stereocenters. The van der Waals surface area contributed by atoms with Gasteiger partial charge < -0.3 is 0 Å². The molecule has 1 aromatic carbocycles. The average Bonchev–Trinajstić information content (AvgIpc) is 2.54. The second kappa shape index (κ2) is 7.00. The maximum Gasteiger partial charge on any atom is 0.416 e. The molecular formula is C18H19F3N2O2S. The van der Waals surface area contributed by atoms with Crippen molar-refractivity contribution in [2.24, 2.45) is 0 Å². The molecule has 0 amide bonds. The summed E-state index contributed by atoms with van der Waals surface area (Å²) in [5.74, 6) is -0.491. The Balaban J connectivity index is 1.70. The molecule has 2 aromatic rings. The number of hydrogen-bond donors (Lipinski definition) is 1. The Morgan fingerprint density at radius 3 is 2.46 bits per heavy atom. The first-order valence-electron chi connectivity index (χ1n) is 8.25. The van der Waals surface area contributed by atoms with Crippen LogP contribution in [0.5, 0.6) is 0 Å². The van der Waals surface area contributed by atoms with E-state index >= 15 is 0 Å². The Morgan fingerprint density at radius 1 is 1.12 bits per heavy atom. The van der Waals surface area contributed by atoms with E-state index in [0.29, 0.717) is 0 Å². The lowest BCUT2D eigenvalue weighted by Gasteiger charge is -2.41. The molecule has 0 aliphatic heterocycles. The zero-order valence-corrected chi connectivity index (χ0v) is 14.8. The predicted molar refractivity (Wildman–Crippen MR) is 91.8 cm³/mol. The molecule has 0 saturated heterocycles. The molecule has 0 spiro atoms. The predicted octanol–water partition coefficient (Wildman–Crippen LogP) is 3.64. The molecule has 140 valence electrons. The largest absolute Gasteiger partial charge is 0.416 e. The number of hydrogen-bond acceptors (Lipinski definition) is 3. The van der Waals surface area contributed by atoms with Gasteiger partial charge in [0.1, 0.15) is 0 Å². The van der Waals surface area contributed by atoms with Crippen molar-refractivity contribution < 1.29 is 21.6 Å². The van der Waals surface area contributed by atoms with Crippen LogP contribution in [0.3, 0.4) is 0 Å². The molecule has 4 nitrogen and oxygen atoms in total. The Labute approximate surface area is 150 Å². The number of halogens is 3. The summed E-state index contributed by atoms with van der Waals surface area (Å²) in [4.78, 5) is 4.34. The molecule has 1 heterocycles. The summed E-state index contributed by atoms with van der Waals surface area (Å²) in [6.07, 6.45) is -0.174. The van der Waals surface area contributed by atoms with Crippen molar-refractivity contribution in [1.29, 1.82) is 0 Å². The molecular weight excluding hydrogens is 365 g/mol. The highest BCUT2D eigenvalue weighted by Gasteiger charge is 2.40. The summed E-state index contributed by atoms with van der Waals surface area (Å²) in [6, 6.07) is 9.93. The number of pyridine rings is 1. The first-order valence-corrected chi connectivity index (χ1v) is 9.90. The van der Waals surface area contributed by atoms with Crippen LogP contribution in [0.25, 0.3) is 0 Å². The Morgan fingerprint density at radius 2 is 1.88 bits per heavy atom. The van der Waals surface area contributed by atoms with Crippen LogP contribution in [0.15, 0.2) is 48.7 Å². The molecule has 1 aliphatic rings. The zero-order chi connectivity index (χ0) is 18.8. The van der Waals surface area contributed by atoms with Crippen LogP contribution in [0.2, 0.25) is 0 Å². The Kier molecular flexibility index (Phi) is 5.07. The van der Waals surface area contributed by atoms with Gasteiger partial charge in [0.2, 0.25) is 10.0 Å². The summed E-state index contributed by atoms with van der Waals surface area (Å²) in [5.41, 5.74) is -0.239. The Hall–Kier alpha value is -1.93. The molecule has 1 N–H and O–H groups in total. The van der Waals surface area contributed by atoms with Crippen molar-refractivity contribution in [3.8, 4) is 0 Å². The first-order chi connectivity index (χ1) is 12.2. The zero-order valence-electron chi connectivity index (χ0n) is 14.0. The van der Waals surface area contributed by atoms with E-state index in [2.05, 4.69) is 9.71 Å². The smallest absolute Gasteiger partial charge is 0.261 e. The fourth-order valence-electron chi connectivity index (χ4n) is 3.16. The third kappa shape index (κ3) is 4.24. The summed E-state index contributed by atoms with van der Waals surface area (Å²) < 4.78 is 65.6. The van der Waals surface area contributed by atoms with Gasteiger partial charge in [-0.15, -0.1) is 0 Å². The van der Waals surface area contributed by atoms with Crippen LogP contribution in [0.4, 0.5) is 13.2 Å². The first kappa shape index (κ1) is 18.8. The van der Waals surface area contributed by atoms with Crippen LogP contribution in [0.1, 0.15) is 36.1 Å².